The van der Waals surface area contributed by atoms with Crippen LogP contribution in [0.2, 0.25) is 0 Å². The summed E-state index contributed by atoms with van der Waals surface area (Å²) in [5, 5.41) is 14.8. The van der Waals surface area contributed by atoms with Crippen LogP contribution in [-0.2, 0) is 23.0 Å². The third-order valence-electron chi connectivity index (χ3n) is 4.62. The Labute approximate surface area is 174 Å². The molecule has 0 bridgehead atoms. The standard InChI is InChI=1S/C20H25N5O3S/c1-4-14-17(18(26)28-5-2)15(22-19(27)21-14)12-29-20-24-23-16(25(20)3)11-13-9-7-6-8-10-13/h6-10,14H,4-5,11-12H2,1-3H3,(H2,21,22,27)/t14-/m0/s1. The molecule has 3 rings (SSSR count). The molecule has 0 saturated carbocycles. The molecule has 2 N–H and O–H groups in total. The largest absolute Gasteiger partial charge is 0.463 e. The molecule has 0 unspecified atom stereocenters. The van der Waals surface area contributed by atoms with Crippen molar-refractivity contribution >= 4 is 23.8 Å². The lowest BCUT2D eigenvalue weighted by Crippen LogP contribution is -2.50. The normalized spacial score (nSPS) is 16.4. The van der Waals surface area contributed by atoms with Gasteiger partial charge in [-0.3, -0.25) is 0 Å². The van der Waals surface area contributed by atoms with E-state index in [1.807, 2.05) is 48.9 Å². The van der Waals surface area contributed by atoms with Crippen molar-refractivity contribution in [2.24, 2.45) is 7.05 Å². The van der Waals surface area contributed by atoms with Crippen LogP contribution < -0.4 is 10.6 Å². The maximum absolute atomic E-state index is 12.5. The first-order valence-electron chi connectivity index (χ1n) is 9.56. The van der Waals surface area contributed by atoms with E-state index in [0.29, 0.717) is 35.0 Å². The Morgan fingerprint density at radius 3 is 2.69 bits per heavy atom. The third-order valence-corrected chi connectivity index (χ3v) is 5.67. The van der Waals surface area contributed by atoms with Gasteiger partial charge in [-0.25, -0.2) is 9.59 Å². The number of urea groups is 1. The van der Waals surface area contributed by atoms with Gasteiger partial charge in [0, 0.05) is 24.9 Å². The van der Waals surface area contributed by atoms with E-state index in [-0.39, 0.29) is 18.7 Å². The molecule has 0 saturated heterocycles. The van der Waals surface area contributed by atoms with Gasteiger partial charge in [0.2, 0.25) is 0 Å². The predicted molar refractivity (Wildman–Crippen MR) is 110 cm³/mol. The molecule has 1 aliphatic heterocycles. The van der Waals surface area contributed by atoms with E-state index in [2.05, 4.69) is 20.8 Å². The molecular formula is C20H25N5O3S. The predicted octanol–water partition coefficient (Wildman–Crippen LogP) is 2.41. The van der Waals surface area contributed by atoms with Gasteiger partial charge in [-0.15, -0.1) is 10.2 Å². The Kier molecular flexibility index (Phi) is 6.92. The second-order valence-corrected chi connectivity index (χ2v) is 7.52. The summed E-state index contributed by atoms with van der Waals surface area (Å²) in [7, 11) is 1.91. The number of hydrogen-bond donors (Lipinski definition) is 2. The first-order chi connectivity index (χ1) is 14.0. The van der Waals surface area contributed by atoms with E-state index in [0.717, 1.165) is 11.4 Å². The first-order valence-corrected chi connectivity index (χ1v) is 10.5. The fourth-order valence-corrected chi connectivity index (χ4v) is 4.01. The molecule has 2 aromatic rings. The molecule has 1 atom stereocenters. The highest BCUT2D eigenvalue weighted by Gasteiger charge is 2.31. The maximum Gasteiger partial charge on any atom is 0.337 e. The van der Waals surface area contributed by atoms with Crippen molar-refractivity contribution in [2.75, 3.05) is 12.4 Å². The van der Waals surface area contributed by atoms with Crippen molar-refractivity contribution in [3.05, 3.63) is 53.0 Å². The van der Waals surface area contributed by atoms with Crippen molar-refractivity contribution in [1.82, 2.24) is 25.4 Å². The SMILES string of the molecule is CCOC(=O)C1=C(CSc2nnc(Cc3ccccc3)n2C)NC(=O)N[C@H]1CC. The molecule has 0 spiro atoms. The molecule has 2 heterocycles. The number of thioether (sulfide) groups is 1. The highest BCUT2D eigenvalue weighted by Crippen LogP contribution is 2.24. The lowest BCUT2D eigenvalue weighted by molar-refractivity contribution is -0.139. The summed E-state index contributed by atoms with van der Waals surface area (Å²) >= 11 is 1.42. The summed E-state index contributed by atoms with van der Waals surface area (Å²) in [4.78, 5) is 24.5. The minimum atomic E-state index is -0.412. The van der Waals surface area contributed by atoms with Gasteiger partial charge in [-0.05, 0) is 18.9 Å². The van der Waals surface area contributed by atoms with Crippen LogP contribution in [0.25, 0.3) is 0 Å². The minimum Gasteiger partial charge on any atom is -0.463 e. The van der Waals surface area contributed by atoms with Crippen LogP contribution in [-0.4, -0.2) is 45.2 Å². The van der Waals surface area contributed by atoms with Crippen LogP contribution in [0.4, 0.5) is 4.79 Å². The maximum atomic E-state index is 12.5. The number of carbonyl (C=O) groups is 2. The number of nitrogens with zero attached hydrogens (tertiary/aromatic N) is 3. The second kappa shape index (κ2) is 9.60. The van der Waals surface area contributed by atoms with Gasteiger partial charge in [-0.2, -0.15) is 0 Å². The zero-order valence-corrected chi connectivity index (χ0v) is 17.6. The number of rotatable bonds is 8. The summed E-state index contributed by atoms with van der Waals surface area (Å²) in [5.41, 5.74) is 2.17. The van der Waals surface area contributed by atoms with E-state index in [1.165, 1.54) is 11.8 Å². The Balaban J connectivity index is 1.77. The van der Waals surface area contributed by atoms with Gasteiger partial charge < -0.3 is 19.9 Å². The molecule has 0 radical (unpaired) electrons. The number of benzene rings is 1. The highest BCUT2D eigenvalue weighted by molar-refractivity contribution is 7.99. The molecule has 9 heteroatoms. The van der Waals surface area contributed by atoms with Gasteiger partial charge in [0.1, 0.15) is 5.82 Å². The molecule has 2 amide bonds. The smallest absolute Gasteiger partial charge is 0.337 e. The van der Waals surface area contributed by atoms with Gasteiger partial charge in [0.05, 0.1) is 18.2 Å². The number of esters is 1. The van der Waals surface area contributed by atoms with Crippen molar-refractivity contribution in [3.8, 4) is 0 Å². The van der Waals surface area contributed by atoms with E-state index in [1.54, 1.807) is 6.92 Å². The molecule has 0 fully saturated rings. The Hall–Kier alpha value is -2.81. The molecule has 1 aliphatic rings. The van der Waals surface area contributed by atoms with Gasteiger partial charge >= 0.3 is 12.0 Å². The Morgan fingerprint density at radius 1 is 1.24 bits per heavy atom. The molecule has 154 valence electrons. The summed E-state index contributed by atoms with van der Waals surface area (Å²) < 4.78 is 7.13. The summed E-state index contributed by atoms with van der Waals surface area (Å²) in [6, 6.07) is 9.38. The zero-order valence-electron chi connectivity index (χ0n) is 16.8. The van der Waals surface area contributed by atoms with E-state index in [9.17, 15) is 9.59 Å². The fourth-order valence-electron chi connectivity index (χ4n) is 3.12. The van der Waals surface area contributed by atoms with Crippen LogP contribution in [0.15, 0.2) is 46.8 Å². The van der Waals surface area contributed by atoms with Crippen LogP contribution in [0, 0.1) is 0 Å². The van der Waals surface area contributed by atoms with Gasteiger partial charge in [0.25, 0.3) is 0 Å². The molecule has 29 heavy (non-hydrogen) atoms. The number of hydrogen-bond acceptors (Lipinski definition) is 6. The van der Waals surface area contributed by atoms with Crippen LogP contribution in [0.5, 0.6) is 0 Å². The summed E-state index contributed by atoms with van der Waals surface area (Å²) in [6.07, 6.45) is 1.28. The van der Waals surface area contributed by atoms with Gasteiger partial charge in [0.15, 0.2) is 5.16 Å². The summed E-state index contributed by atoms with van der Waals surface area (Å²) in [5.74, 6) is 0.819. The quantitative estimate of drug-likeness (QED) is 0.508. The van der Waals surface area contributed by atoms with E-state index >= 15 is 0 Å². The number of amides is 2. The lowest BCUT2D eigenvalue weighted by atomic mass is 10.0. The van der Waals surface area contributed by atoms with E-state index in [4.69, 9.17) is 4.74 Å². The zero-order chi connectivity index (χ0) is 20.8. The molecule has 8 nitrogen and oxygen atoms in total. The average molecular weight is 416 g/mol. The first kappa shape index (κ1) is 20.9. The van der Waals surface area contributed by atoms with Crippen molar-refractivity contribution in [2.45, 2.75) is 37.9 Å². The molecule has 1 aromatic carbocycles. The van der Waals surface area contributed by atoms with Gasteiger partial charge in [-0.1, -0.05) is 49.0 Å². The van der Waals surface area contributed by atoms with Crippen LogP contribution in [0.3, 0.4) is 0 Å². The highest BCUT2D eigenvalue weighted by atomic mass is 32.2. The molecule has 1 aromatic heterocycles. The molecule has 0 aliphatic carbocycles. The number of ether oxygens (including phenoxy) is 1. The van der Waals surface area contributed by atoms with E-state index < -0.39 is 5.97 Å². The topological polar surface area (TPSA) is 98.1 Å². The number of nitrogens with one attached hydrogen (secondary N) is 2. The minimum absolute atomic E-state index is 0.277. The Morgan fingerprint density at radius 2 is 2.00 bits per heavy atom. The van der Waals surface area contributed by atoms with Crippen molar-refractivity contribution in [3.63, 3.8) is 0 Å². The Bertz CT molecular complexity index is 910. The second-order valence-electron chi connectivity index (χ2n) is 6.58. The summed E-state index contributed by atoms with van der Waals surface area (Å²) in [6.45, 7) is 3.95. The monoisotopic (exact) mass is 415 g/mol. The van der Waals surface area contributed by atoms with Crippen LogP contribution in [0.1, 0.15) is 31.7 Å². The number of carbonyl (C=O) groups excluding carboxylic acids is 2. The van der Waals surface area contributed by atoms with Crippen molar-refractivity contribution < 1.29 is 14.3 Å². The number of aromatic nitrogens is 3. The fraction of sp³-hybridized carbons (Fsp3) is 0.400. The average Bonchev–Trinajstić information content (AvgIpc) is 3.06. The third kappa shape index (κ3) is 4.97. The van der Waals surface area contributed by atoms with Crippen LogP contribution >= 0.6 is 11.8 Å². The molecular weight excluding hydrogens is 390 g/mol. The van der Waals surface area contributed by atoms with Crippen molar-refractivity contribution in [1.29, 1.82) is 0 Å². The lowest BCUT2D eigenvalue weighted by Gasteiger charge is -2.28.